The van der Waals surface area contributed by atoms with Crippen LogP contribution in [0.15, 0.2) is 23.1 Å². The topological polar surface area (TPSA) is 42.2 Å². The monoisotopic (exact) mass is 263 g/mol. The number of aromatic nitrogens is 1. The lowest BCUT2D eigenvalue weighted by atomic mass is 9.69. The minimum atomic E-state index is -0.281. The van der Waals surface area contributed by atoms with Crippen molar-refractivity contribution >= 4 is 0 Å². The summed E-state index contributed by atoms with van der Waals surface area (Å²) < 4.78 is 1.82. The van der Waals surface area contributed by atoms with Gasteiger partial charge in [0.25, 0.3) is 5.56 Å². The molecule has 0 spiro atoms. The molecule has 1 N–H and O–H groups in total. The summed E-state index contributed by atoms with van der Waals surface area (Å²) >= 11 is 0. The molecule has 1 aliphatic rings. The lowest BCUT2D eigenvalue weighted by Gasteiger charge is -2.42. The number of aliphatic hydroxyl groups excluding tert-OH is 1. The molecule has 3 atom stereocenters. The Morgan fingerprint density at radius 3 is 2.58 bits per heavy atom. The number of hydrogen-bond acceptors (Lipinski definition) is 2. The highest BCUT2D eigenvalue weighted by atomic mass is 16.3. The molecule has 3 heteroatoms. The lowest BCUT2D eigenvalue weighted by molar-refractivity contribution is 0.0287. The van der Waals surface area contributed by atoms with Gasteiger partial charge >= 0.3 is 0 Å². The van der Waals surface area contributed by atoms with Crippen LogP contribution in [0, 0.1) is 18.3 Å². The fourth-order valence-corrected chi connectivity index (χ4v) is 3.31. The van der Waals surface area contributed by atoms with Gasteiger partial charge in [0.05, 0.1) is 6.10 Å². The molecule has 1 fully saturated rings. The Morgan fingerprint density at radius 1 is 1.32 bits per heavy atom. The quantitative estimate of drug-likeness (QED) is 0.846. The van der Waals surface area contributed by atoms with E-state index in [0.29, 0.717) is 12.3 Å². The van der Waals surface area contributed by atoms with Crippen molar-refractivity contribution in [1.29, 1.82) is 0 Å². The third-order valence-corrected chi connectivity index (χ3v) is 4.36. The Labute approximate surface area is 115 Å². The Bertz CT molecular complexity index is 498. The molecule has 3 nitrogen and oxygen atoms in total. The van der Waals surface area contributed by atoms with Crippen molar-refractivity contribution in [3.05, 3.63) is 34.2 Å². The molecule has 1 aromatic heterocycles. The van der Waals surface area contributed by atoms with E-state index in [0.717, 1.165) is 18.4 Å². The van der Waals surface area contributed by atoms with E-state index in [1.54, 1.807) is 6.07 Å². The van der Waals surface area contributed by atoms with Gasteiger partial charge in [0, 0.05) is 18.3 Å². The van der Waals surface area contributed by atoms with Gasteiger partial charge in [-0.15, -0.1) is 0 Å². The molecule has 0 saturated heterocycles. The first kappa shape index (κ1) is 14.3. The van der Waals surface area contributed by atoms with Crippen LogP contribution in [0.3, 0.4) is 0 Å². The average Bonchev–Trinajstić information content (AvgIpc) is 2.27. The number of nitrogens with zero attached hydrogens (tertiary/aromatic N) is 1. The molecule has 0 radical (unpaired) electrons. The fourth-order valence-electron chi connectivity index (χ4n) is 3.31. The molecule has 1 aliphatic carbocycles. The molecule has 1 heterocycles. The molecule has 1 saturated carbocycles. The largest absolute Gasteiger partial charge is 0.393 e. The maximum atomic E-state index is 12.2. The van der Waals surface area contributed by atoms with Gasteiger partial charge in [0.1, 0.15) is 0 Å². The molecule has 3 unspecified atom stereocenters. The molecule has 0 aliphatic heterocycles. The second-order valence-corrected chi connectivity index (χ2v) is 6.96. The SMILES string of the molecule is Cc1ccn(C2CC(O)CCC2C(C)(C)C)c(=O)c1. The highest BCUT2D eigenvalue weighted by Gasteiger charge is 2.38. The third kappa shape index (κ3) is 3.08. The minimum absolute atomic E-state index is 0.0494. The van der Waals surface area contributed by atoms with Crippen LogP contribution >= 0.6 is 0 Å². The zero-order valence-corrected chi connectivity index (χ0v) is 12.4. The number of pyridine rings is 1. The van der Waals surface area contributed by atoms with Gasteiger partial charge in [-0.2, -0.15) is 0 Å². The minimum Gasteiger partial charge on any atom is -0.393 e. The van der Waals surface area contributed by atoms with E-state index < -0.39 is 0 Å². The van der Waals surface area contributed by atoms with Gasteiger partial charge in [-0.25, -0.2) is 0 Å². The predicted molar refractivity (Wildman–Crippen MR) is 77.3 cm³/mol. The molecule has 0 amide bonds. The second kappa shape index (κ2) is 5.12. The Kier molecular flexibility index (Phi) is 3.86. The summed E-state index contributed by atoms with van der Waals surface area (Å²) in [5, 5.41) is 9.95. The van der Waals surface area contributed by atoms with Crippen LogP contribution in [0.25, 0.3) is 0 Å². The van der Waals surface area contributed by atoms with Crippen LogP contribution in [-0.2, 0) is 0 Å². The van der Waals surface area contributed by atoms with Crippen LogP contribution in [0.2, 0.25) is 0 Å². The molecule has 2 rings (SSSR count). The van der Waals surface area contributed by atoms with E-state index >= 15 is 0 Å². The summed E-state index contributed by atoms with van der Waals surface area (Å²) in [4.78, 5) is 12.2. The van der Waals surface area contributed by atoms with Crippen LogP contribution in [0.5, 0.6) is 0 Å². The van der Waals surface area contributed by atoms with Crippen molar-refractivity contribution in [2.45, 2.75) is 59.1 Å². The van der Waals surface area contributed by atoms with Gasteiger partial charge in [0.2, 0.25) is 0 Å². The standard InChI is InChI=1S/C16H25NO2/c1-11-7-8-17(15(19)9-11)14-10-12(18)5-6-13(14)16(2,3)4/h7-9,12-14,18H,5-6,10H2,1-4H3. The molecular weight excluding hydrogens is 238 g/mol. The first-order valence-corrected chi connectivity index (χ1v) is 7.16. The van der Waals surface area contributed by atoms with Gasteiger partial charge in [0.15, 0.2) is 0 Å². The van der Waals surface area contributed by atoms with Crippen LogP contribution in [0.4, 0.5) is 0 Å². The van der Waals surface area contributed by atoms with Gasteiger partial charge in [-0.1, -0.05) is 20.8 Å². The van der Waals surface area contributed by atoms with Gasteiger partial charge in [-0.3, -0.25) is 4.79 Å². The first-order valence-electron chi connectivity index (χ1n) is 7.16. The van der Waals surface area contributed by atoms with E-state index in [1.807, 2.05) is 23.8 Å². The normalized spacial score (nSPS) is 28.4. The van der Waals surface area contributed by atoms with E-state index in [1.165, 1.54) is 0 Å². The van der Waals surface area contributed by atoms with Crippen LogP contribution in [0.1, 0.15) is 51.6 Å². The van der Waals surface area contributed by atoms with Crippen molar-refractivity contribution in [2.75, 3.05) is 0 Å². The molecule has 1 aromatic rings. The van der Waals surface area contributed by atoms with Gasteiger partial charge in [-0.05, 0) is 49.1 Å². The maximum Gasteiger partial charge on any atom is 0.251 e. The van der Waals surface area contributed by atoms with E-state index in [2.05, 4.69) is 20.8 Å². The third-order valence-electron chi connectivity index (χ3n) is 4.36. The number of rotatable bonds is 1. The number of hydrogen-bond donors (Lipinski definition) is 1. The maximum absolute atomic E-state index is 12.2. The molecule has 0 bridgehead atoms. The van der Waals surface area contributed by atoms with Crippen LogP contribution < -0.4 is 5.56 Å². The summed E-state index contributed by atoms with van der Waals surface area (Å²) in [5.74, 6) is 0.427. The predicted octanol–water partition coefficient (Wildman–Crippen LogP) is 2.90. The summed E-state index contributed by atoms with van der Waals surface area (Å²) in [7, 11) is 0. The molecule has 0 aromatic carbocycles. The summed E-state index contributed by atoms with van der Waals surface area (Å²) in [6, 6.07) is 3.76. The molecule has 19 heavy (non-hydrogen) atoms. The van der Waals surface area contributed by atoms with Crippen molar-refractivity contribution in [3.8, 4) is 0 Å². The summed E-state index contributed by atoms with van der Waals surface area (Å²) in [5.41, 5.74) is 1.19. The van der Waals surface area contributed by atoms with Crippen molar-refractivity contribution in [3.63, 3.8) is 0 Å². The zero-order valence-electron chi connectivity index (χ0n) is 12.4. The lowest BCUT2D eigenvalue weighted by Crippen LogP contribution is -2.40. The molecule has 106 valence electrons. The van der Waals surface area contributed by atoms with Gasteiger partial charge < -0.3 is 9.67 Å². The smallest absolute Gasteiger partial charge is 0.251 e. The zero-order chi connectivity index (χ0) is 14.2. The Morgan fingerprint density at radius 2 is 2.00 bits per heavy atom. The Hall–Kier alpha value is -1.09. The fraction of sp³-hybridized carbons (Fsp3) is 0.688. The van der Waals surface area contributed by atoms with E-state index in [9.17, 15) is 9.90 Å². The van der Waals surface area contributed by atoms with Crippen molar-refractivity contribution < 1.29 is 5.11 Å². The second-order valence-electron chi connectivity index (χ2n) is 6.96. The first-order chi connectivity index (χ1) is 8.79. The Balaban J connectivity index is 2.40. The number of aryl methyl sites for hydroxylation is 1. The molecular formula is C16H25NO2. The highest BCUT2D eigenvalue weighted by molar-refractivity contribution is 5.09. The summed E-state index contributed by atoms with van der Waals surface area (Å²) in [6.07, 6.45) is 4.12. The summed E-state index contributed by atoms with van der Waals surface area (Å²) in [6.45, 7) is 8.60. The average molecular weight is 263 g/mol. The van der Waals surface area contributed by atoms with Crippen molar-refractivity contribution in [1.82, 2.24) is 4.57 Å². The van der Waals surface area contributed by atoms with E-state index in [4.69, 9.17) is 0 Å². The highest BCUT2D eigenvalue weighted by Crippen LogP contribution is 2.43. The van der Waals surface area contributed by atoms with Crippen LogP contribution in [-0.4, -0.2) is 15.8 Å². The van der Waals surface area contributed by atoms with Crippen molar-refractivity contribution in [2.24, 2.45) is 11.3 Å². The number of aliphatic hydroxyl groups is 1. The van der Waals surface area contributed by atoms with E-state index in [-0.39, 0.29) is 23.1 Å².